The zero-order chi connectivity index (χ0) is 19.2. The third kappa shape index (κ3) is 5.33. The fourth-order valence-electron chi connectivity index (χ4n) is 5.12. The monoisotopic (exact) mass is 392 g/mol. The lowest BCUT2D eigenvalue weighted by Crippen LogP contribution is -2.28. The molecule has 0 unspecified atom stereocenters. The molecule has 0 atom stereocenters. The summed E-state index contributed by atoms with van der Waals surface area (Å²) in [6, 6.07) is 4.28. The van der Waals surface area contributed by atoms with Gasteiger partial charge in [0, 0.05) is 0 Å². The minimum absolute atomic E-state index is 0.0295. The van der Waals surface area contributed by atoms with E-state index in [1.807, 2.05) is 0 Å². The number of hydrogen-bond acceptors (Lipinski definition) is 1. The molecule has 0 amide bonds. The second-order valence-electron chi connectivity index (χ2n) is 8.52. The second kappa shape index (κ2) is 10.0. The van der Waals surface area contributed by atoms with Crippen molar-refractivity contribution in [3.05, 3.63) is 23.8 Å². The molecule has 1 nitrogen and oxygen atoms in total. The molecule has 2 aliphatic carbocycles. The summed E-state index contributed by atoms with van der Waals surface area (Å²) in [5, 5.41) is 0.524. The highest BCUT2D eigenvalue weighted by Gasteiger charge is 2.30. The minimum Gasteiger partial charge on any atom is -0.491 e. The summed E-state index contributed by atoms with van der Waals surface area (Å²) in [6.45, 7) is 4.45. The number of rotatable bonds is 7. The van der Waals surface area contributed by atoms with Crippen LogP contribution >= 0.6 is 0 Å². The molecular weight excluding hydrogens is 358 g/mol. The standard InChI is InChI=1S/C23H34F2OSi/c1-3-16-5-9-18(10-6-16)19-11-7-17(8-12-19)15-27-21-14-13-20(26-4-2)22(24)23(21)25/h13-14,16-19H,3-12,15H2,1-2H3. The third-order valence-corrected chi connectivity index (χ3v) is 8.50. The van der Waals surface area contributed by atoms with Crippen molar-refractivity contribution >= 4 is 14.7 Å². The van der Waals surface area contributed by atoms with Crippen molar-refractivity contribution in [2.24, 2.45) is 23.7 Å². The summed E-state index contributed by atoms with van der Waals surface area (Å²) in [5.41, 5.74) is 0. The number of hydrogen-bond donors (Lipinski definition) is 0. The Balaban J connectivity index is 1.44. The summed E-state index contributed by atoms with van der Waals surface area (Å²) >= 11 is 0. The minimum atomic E-state index is -0.826. The third-order valence-electron chi connectivity index (χ3n) is 6.95. The smallest absolute Gasteiger partial charge is 0.200 e. The van der Waals surface area contributed by atoms with E-state index in [-0.39, 0.29) is 5.75 Å². The van der Waals surface area contributed by atoms with Crippen molar-refractivity contribution in [2.75, 3.05) is 6.61 Å². The lowest BCUT2D eigenvalue weighted by Gasteiger charge is -2.37. The van der Waals surface area contributed by atoms with E-state index in [0.717, 1.165) is 23.8 Å². The predicted octanol–water partition coefficient (Wildman–Crippen LogP) is 6.13. The van der Waals surface area contributed by atoms with Gasteiger partial charge in [0.1, 0.15) is 0 Å². The van der Waals surface area contributed by atoms with Gasteiger partial charge in [0.15, 0.2) is 17.4 Å². The molecule has 0 bridgehead atoms. The highest BCUT2D eigenvalue weighted by Crippen LogP contribution is 2.42. The Labute approximate surface area is 166 Å². The zero-order valence-electron chi connectivity index (χ0n) is 16.9. The molecule has 2 aliphatic rings. The molecule has 2 radical (unpaired) electrons. The Kier molecular flexibility index (Phi) is 7.74. The summed E-state index contributed by atoms with van der Waals surface area (Å²) in [6.07, 6.45) is 12.3. The molecule has 2 saturated carbocycles. The van der Waals surface area contributed by atoms with Gasteiger partial charge in [0.05, 0.1) is 16.1 Å². The molecule has 0 aliphatic heterocycles. The zero-order valence-corrected chi connectivity index (χ0v) is 17.9. The molecule has 3 rings (SSSR count). The summed E-state index contributed by atoms with van der Waals surface area (Å²) in [5.74, 6) is 2.02. The Morgan fingerprint density at radius 1 is 0.852 bits per heavy atom. The number of halogens is 2. The fraction of sp³-hybridized carbons (Fsp3) is 0.739. The Morgan fingerprint density at radius 2 is 1.44 bits per heavy atom. The Morgan fingerprint density at radius 3 is 2.00 bits per heavy atom. The quantitative estimate of drug-likeness (QED) is 0.507. The lowest BCUT2D eigenvalue weighted by molar-refractivity contribution is 0.149. The van der Waals surface area contributed by atoms with Crippen LogP contribution in [0.15, 0.2) is 12.1 Å². The Bertz CT molecular complexity index is 590. The van der Waals surface area contributed by atoms with Crippen LogP contribution in [0.3, 0.4) is 0 Å². The average molecular weight is 393 g/mol. The molecule has 27 heavy (non-hydrogen) atoms. The van der Waals surface area contributed by atoms with Crippen LogP contribution in [-0.2, 0) is 0 Å². The first-order valence-corrected chi connectivity index (χ1v) is 12.2. The van der Waals surface area contributed by atoms with E-state index in [0.29, 0.717) is 27.2 Å². The number of benzene rings is 1. The molecule has 4 heteroatoms. The van der Waals surface area contributed by atoms with E-state index in [4.69, 9.17) is 4.74 Å². The van der Waals surface area contributed by atoms with Crippen LogP contribution in [-0.4, -0.2) is 16.1 Å². The lowest BCUT2D eigenvalue weighted by atomic mass is 9.69. The molecule has 0 N–H and O–H groups in total. The van der Waals surface area contributed by atoms with E-state index in [2.05, 4.69) is 6.92 Å². The second-order valence-corrected chi connectivity index (χ2v) is 9.82. The van der Waals surface area contributed by atoms with E-state index >= 15 is 0 Å². The highest BCUT2D eigenvalue weighted by molar-refractivity contribution is 6.53. The maximum absolute atomic E-state index is 14.3. The molecule has 0 spiro atoms. The van der Waals surface area contributed by atoms with Crippen LogP contribution in [0.5, 0.6) is 5.75 Å². The van der Waals surface area contributed by atoms with Gasteiger partial charge >= 0.3 is 0 Å². The summed E-state index contributed by atoms with van der Waals surface area (Å²) in [4.78, 5) is 0. The molecule has 1 aromatic rings. The van der Waals surface area contributed by atoms with Gasteiger partial charge in [-0.15, -0.1) is 0 Å². The summed E-state index contributed by atoms with van der Waals surface area (Å²) < 4.78 is 33.4. The van der Waals surface area contributed by atoms with Gasteiger partial charge in [-0.1, -0.05) is 51.1 Å². The van der Waals surface area contributed by atoms with Crippen molar-refractivity contribution in [1.29, 1.82) is 0 Å². The number of ether oxygens (including phenoxy) is 1. The van der Waals surface area contributed by atoms with Crippen LogP contribution in [0, 0.1) is 35.3 Å². The van der Waals surface area contributed by atoms with Gasteiger partial charge in [-0.05, 0) is 67.5 Å². The van der Waals surface area contributed by atoms with Gasteiger partial charge in [-0.25, -0.2) is 4.39 Å². The molecule has 1 aromatic carbocycles. The van der Waals surface area contributed by atoms with Crippen LogP contribution in [0.4, 0.5) is 8.78 Å². The van der Waals surface area contributed by atoms with Crippen LogP contribution in [0.1, 0.15) is 71.6 Å². The molecule has 0 aromatic heterocycles. The molecule has 2 fully saturated rings. The van der Waals surface area contributed by atoms with Gasteiger partial charge in [0.25, 0.3) is 0 Å². The molecular formula is C23H34F2OSi. The normalized spacial score (nSPS) is 28.9. The maximum Gasteiger partial charge on any atom is 0.200 e. The van der Waals surface area contributed by atoms with E-state index in [1.54, 1.807) is 19.1 Å². The first kappa shape index (κ1) is 20.8. The fourth-order valence-corrected chi connectivity index (χ4v) is 6.50. The van der Waals surface area contributed by atoms with Crippen molar-refractivity contribution in [3.8, 4) is 5.75 Å². The first-order valence-electron chi connectivity index (χ1n) is 11.0. The van der Waals surface area contributed by atoms with Gasteiger partial charge < -0.3 is 4.74 Å². The van der Waals surface area contributed by atoms with Crippen molar-refractivity contribution in [3.63, 3.8) is 0 Å². The van der Waals surface area contributed by atoms with Crippen LogP contribution in [0.2, 0.25) is 6.04 Å². The summed E-state index contributed by atoms with van der Waals surface area (Å²) in [7, 11) is 0.353. The van der Waals surface area contributed by atoms with Crippen LogP contribution in [0.25, 0.3) is 0 Å². The molecule has 0 saturated heterocycles. The first-order chi connectivity index (χ1) is 13.1. The average Bonchev–Trinajstić information content (AvgIpc) is 2.71. The van der Waals surface area contributed by atoms with Gasteiger partial charge in [0.2, 0.25) is 0 Å². The van der Waals surface area contributed by atoms with Crippen molar-refractivity contribution in [1.82, 2.24) is 0 Å². The maximum atomic E-state index is 14.3. The van der Waals surface area contributed by atoms with Gasteiger partial charge in [-0.2, -0.15) is 4.39 Å². The van der Waals surface area contributed by atoms with Crippen molar-refractivity contribution < 1.29 is 13.5 Å². The van der Waals surface area contributed by atoms with Crippen LogP contribution < -0.4 is 9.92 Å². The van der Waals surface area contributed by atoms with Crippen molar-refractivity contribution in [2.45, 2.75) is 77.7 Å². The molecule has 0 heterocycles. The van der Waals surface area contributed by atoms with E-state index < -0.39 is 11.6 Å². The van der Waals surface area contributed by atoms with E-state index in [9.17, 15) is 8.78 Å². The highest BCUT2D eigenvalue weighted by atomic mass is 28.2. The van der Waals surface area contributed by atoms with E-state index in [1.165, 1.54) is 57.8 Å². The predicted molar refractivity (Wildman–Crippen MR) is 109 cm³/mol. The molecule has 150 valence electrons. The largest absolute Gasteiger partial charge is 0.491 e. The Hall–Kier alpha value is -0.903. The SMILES string of the molecule is CCOc1ccc([Si]CC2CCC(C3CCC(CC)CC3)CC2)c(F)c1F. The van der Waals surface area contributed by atoms with Gasteiger partial charge in [-0.3, -0.25) is 0 Å². The topological polar surface area (TPSA) is 9.23 Å².